The highest BCUT2D eigenvalue weighted by atomic mass is 16.5. The number of likely N-dealkylation sites (N-methyl/N-ethyl adjacent to an activating group) is 2. The fraction of sp³-hybridized carbons (Fsp3) is 0.405. The zero-order valence-electron chi connectivity index (χ0n) is 26.0. The molecule has 0 fully saturated rings. The van der Waals surface area contributed by atoms with E-state index in [4.69, 9.17) is 4.74 Å². The average molecular weight is 579 g/mol. The summed E-state index contributed by atoms with van der Waals surface area (Å²) in [5.74, 6) is 1.50. The van der Waals surface area contributed by atoms with Gasteiger partial charge >= 0.3 is 0 Å². The van der Waals surface area contributed by atoms with Crippen LogP contribution in [0.1, 0.15) is 60.1 Å². The van der Waals surface area contributed by atoms with Crippen LogP contribution in [0.5, 0.6) is 11.5 Å². The first-order valence-electron chi connectivity index (χ1n) is 15.8. The molecule has 1 N–H and O–H groups in total. The molecule has 2 aromatic heterocycles. The van der Waals surface area contributed by atoms with Gasteiger partial charge in [0, 0.05) is 50.0 Å². The third-order valence-corrected chi connectivity index (χ3v) is 9.19. The van der Waals surface area contributed by atoms with Gasteiger partial charge in [0.25, 0.3) is 0 Å². The molecule has 6 nitrogen and oxygen atoms in total. The molecule has 2 unspecified atom stereocenters. The van der Waals surface area contributed by atoms with Crippen molar-refractivity contribution in [2.45, 2.75) is 77.5 Å². The Balaban J connectivity index is 0.000000171. The number of hydrogen-bond donors (Lipinski definition) is 1. The van der Waals surface area contributed by atoms with Crippen molar-refractivity contribution < 1.29 is 9.84 Å². The van der Waals surface area contributed by atoms with Crippen molar-refractivity contribution in [3.05, 3.63) is 119 Å². The first-order valence-corrected chi connectivity index (χ1v) is 15.8. The van der Waals surface area contributed by atoms with Gasteiger partial charge in [-0.2, -0.15) is 0 Å². The number of ether oxygens (including phenoxy) is 1. The summed E-state index contributed by atoms with van der Waals surface area (Å²) < 4.78 is 5.57. The Morgan fingerprint density at radius 3 is 1.70 bits per heavy atom. The van der Waals surface area contributed by atoms with Crippen LogP contribution in [-0.2, 0) is 38.8 Å². The molecule has 2 aliphatic rings. The van der Waals surface area contributed by atoms with Crippen LogP contribution in [0.4, 0.5) is 0 Å². The second-order valence-electron chi connectivity index (χ2n) is 11.6. The lowest BCUT2D eigenvalue weighted by molar-refractivity contribution is 0.179. The van der Waals surface area contributed by atoms with Crippen LogP contribution in [0.2, 0.25) is 0 Å². The Bertz CT molecular complexity index is 1420. The highest BCUT2D eigenvalue weighted by molar-refractivity contribution is 5.43. The number of rotatable bonds is 9. The Morgan fingerprint density at radius 1 is 0.698 bits per heavy atom. The zero-order valence-corrected chi connectivity index (χ0v) is 26.0. The molecule has 0 bridgehead atoms. The molecular formula is C37H46N4O2. The monoisotopic (exact) mass is 578 g/mol. The van der Waals surface area contributed by atoms with Gasteiger partial charge in [0.15, 0.2) is 0 Å². The number of pyridine rings is 2. The Hall–Kier alpha value is -3.74. The van der Waals surface area contributed by atoms with Crippen LogP contribution in [0, 0.1) is 0 Å². The number of methoxy groups -OCH3 is 1. The molecule has 0 amide bonds. The van der Waals surface area contributed by atoms with Gasteiger partial charge in [-0.1, -0.05) is 38.1 Å². The van der Waals surface area contributed by atoms with Gasteiger partial charge in [-0.05, 0) is 121 Å². The smallest absolute Gasteiger partial charge is 0.122 e. The van der Waals surface area contributed by atoms with E-state index in [1.54, 1.807) is 13.2 Å². The lowest BCUT2D eigenvalue weighted by atomic mass is 9.86. The van der Waals surface area contributed by atoms with Crippen molar-refractivity contribution in [3.8, 4) is 11.5 Å². The highest BCUT2D eigenvalue weighted by Gasteiger charge is 2.26. The molecule has 226 valence electrons. The van der Waals surface area contributed by atoms with Gasteiger partial charge in [-0.25, -0.2) is 0 Å². The van der Waals surface area contributed by atoms with Crippen molar-refractivity contribution in [1.82, 2.24) is 19.8 Å². The minimum atomic E-state index is 0.456. The SMILES string of the molecule is CCN(Cc1ccncc1)C1CCc2cccc(O)c2C1.CCN(Cc1ccncc1)C1CCc2cccc(OC)c2C1. The third-order valence-electron chi connectivity index (χ3n) is 9.19. The maximum absolute atomic E-state index is 10.1. The molecule has 0 saturated carbocycles. The van der Waals surface area contributed by atoms with Crippen LogP contribution >= 0.6 is 0 Å². The molecule has 4 aromatic rings. The van der Waals surface area contributed by atoms with Gasteiger partial charge < -0.3 is 9.84 Å². The minimum absolute atomic E-state index is 0.456. The van der Waals surface area contributed by atoms with E-state index in [1.807, 2.05) is 30.9 Å². The Labute approximate surface area is 257 Å². The molecule has 2 atom stereocenters. The van der Waals surface area contributed by atoms with Crippen LogP contribution in [0.25, 0.3) is 0 Å². The number of benzene rings is 2. The van der Waals surface area contributed by atoms with Crippen molar-refractivity contribution >= 4 is 0 Å². The molecule has 0 radical (unpaired) electrons. The van der Waals surface area contributed by atoms with Gasteiger partial charge in [0.05, 0.1) is 7.11 Å². The summed E-state index contributed by atoms with van der Waals surface area (Å²) in [5, 5.41) is 10.1. The van der Waals surface area contributed by atoms with E-state index in [9.17, 15) is 5.11 Å². The second kappa shape index (κ2) is 15.1. The summed E-state index contributed by atoms with van der Waals surface area (Å²) in [6.45, 7) is 8.49. The number of aromatic hydroxyl groups is 1. The molecular weight excluding hydrogens is 532 g/mol. The van der Waals surface area contributed by atoms with Gasteiger partial charge in [0.2, 0.25) is 0 Å². The zero-order chi connectivity index (χ0) is 30.0. The Kier molecular flexibility index (Phi) is 10.8. The second-order valence-corrected chi connectivity index (χ2v) is 11.6. The van der Waals surface area contributed by atoms with E-state index in [1.165, 1.54) is 34.2 Å². The lowest BCUT2D eigenvalue weighted by Crippen LogP contribution is -2.38. The third kappa shape index (κ3) is 7.81. The number of aromatic nitrogens is 2. The van der Waals surface area contributed by atoms with Crippen LogP contribution < -0.4 is 4.74 Å². The van der Waals surface area contributed by atoms with E-state index in [2.05, 4.69) is 82.1 Å². The van der Waals surface area contributed by atoms with Crippen LogP contribution in [0.15, 0.2) is 85.5 Å². The molecule has 0 aliphatic heterocycles. The van der Waals surface area contributed by atoms with Crippen LogP contribution in [0.3, 0.4) is 0 Å². The molecule has 2 heterocycles. The number of aryl methyl sites for hydroxylation is 2. The summed E-state index contributed by atoms with van der Waals surface area (Å²) >= 11 is 0. The molecule has 0 saturated heterocycles. The predicted molar refractivity (Wildman–Crippen MR) is 173 cm³/mol. The van der Waals surface area contributed by atoms with E-state index < -0.39 is 0 Å². The van der Waals surface area contributed by atoms with Crippen molar-refractivity contribution in [3.63, 3.8) is 0 Å². The van der Waals surface area contributed by atoms with Crippen LogP contribution in [-0.4, -0.2) is 57.2 Å². The van der Waals surface area contributed by atoms with Crippen molar-refractivity contribution in [2.24, 2.45) is 0 Å². The first-order chi connectivity index (χ1) is 21.1. The molecule has 2 aromatic carbocycles. The molecule has 6 heteroatoms. The van der Waals surface area contributed by atoms with E-state index in [0.717, 1.165) is 69.6 Å². The van der Waals surface area contributed by atoms with Gasteiger partial charge in [-0.3, -0.25) is 19.8 Å². The van der Waals surface area contributed by atoms with Crippen molar-refractivity contribution in [1.29, 1.82) is 0 Å². The normalized spacial score (nSPS) is 17.5. The lowest BCUT2D eigenvalue weighted by Gasteiger charge is -2.35. The molecule has 0 spiro atoms. The van der Waals surface area contributed by atoms with Gasteiger partial charge in [0.1, 0.15) is 11.5 Å². The summed E-state index contributed by atoms with van der Waals surface area (Å²) in [7, 11) is 1.77. The largest absolute Gasteiger partial charge is 0.508 e. The Morgan fingerprint density at radius 2 is 1.19 bits per heavy atom. The number of phenolic OH excluding ortho intramolecular Hbond substituents is 1. The fourth-order valence-corrected chi connectivity index (χ4v) is 6.75. The number of fused-ring (bicyclic) bond motifs is 2. The summed E-state index contributed by atoms with van der Waals surface area (Å²) in [5.41, 5.74) is 7.94. The highest BCUT2D eigenvalue weighted by Crippen LogP contribution is 2.33. The number of phenols is 1. The number of hydrogen-bond acceptors (Lipinski definition) is 6. The maximum Gasteiger partial charge on any atom is 0.122 e. The summed E-state index contributed by atoms with van der Waals surface area (Å²) in [4.78, 5) is 13.3. The standard InChI is InChI=1S/C19H24N2O.C18H22N2O/c1-3-21(14-15-9-11-20-12-10-15)17-8-7-16-5-4-6-19(22-2)18(16)13-17;1-2-20(13-14-8-10-19-11-9-14)16-7-6-15-4-3-5-18(21)17(15)12-16/h4-6,9-12,17H,3,7-8,13-14H2,1-2H3;3-5,8-11,16,21H,2,6-7,12-13H2,1H3. The molecule has 43 heavy (non-hydrogen) atoms. The summed E-state index contributed by atoms with van der Waals surface area (Å²) in [6, 6.07) is 21.8. The molecule has 2 aliphatic carbocycles. The average Bonchev–Trinajstić information content (AvgIpc) is 3.07. The quantitative estimate of drug-likeness (QED) is 0.240. The van der Waals surface area contributed by atoms with E-state index in [0.29, 0.717) is 17.8 Å². The first kappa shape index (κ1) is 30.7. The number of nitrogens with zero attached hydrogens (tertiary/aromatic N) is 4. The van der Waals surface area contributed by atoms with E-state index >= 15 is 0 Å². The minimum Gasteiger partial charge on any atom is -0.508 e. The topological polar surface area (TPSA) is 61.7 Å². The summed E-state index contributed by atoms with van der Waals surface area (Å²) in [6.07, 6.45) is 14.1. The van der Waals surface area contributed by atoms with Crippen molar-refractivity contribution in [2.75, 3.05) is 20.2 Å². The predicted octanol–water partition coefficient (Wildman–Crippen LogP) is 6.64. The molecule has 6 rings (SSSR count). The fourth-order valence-electron chi connectivity index (χ4n) is 6.75. The van der Waals surface area contributed by atoms with Gasteiger partial charge in [-0.15, -0.1) is 0 Å². The van der Waals surface area contributed by atoms with E-state index in [-0.39, 0.29) is 0 Å². The maximum atomic E-state index is 10.1.